The first-order valence-electron chi connectivity index (χ1n) is 6.03. The van der Waals surface area contributed by atoms with Gasteiger partial charge in [-0.05, 0) is 12.5 Å². The summed E-state index contributed by atoms with van der Waals surface area (Å²) in [7, 11) is 0. The highest BCUT2D eigenvalue weighted by molar-refractivity contribution is 5.57. The maximum Gasteiger partial charge on any atom is 0.418 e. The van der Waals surface area contributed by atoms with Gasteiger partial charge < -0.3 is 10.4 Å². The highest BCUT2D eigenvalue weighted by Gasteiger charge is 2.35. The number of hydrogen-bond donors (Lipinski definition) is 2. The Balaban J connectivity index is 2.98. The molecule has 1 unspecified atom stereocenters. The summed E-state index contributed by atoms with van der Waals surface area (Å²) in [4.78, 5) is 9.64. The van der Waals surface area contributed by atoms with Crippen LogP contribution in [0.25, 0.3) is 0 Å². The number of non-ortho nitro benzene ring substituents is 1. The van der Waals surface area contributed by atoms with Gasteiger partial charge in [0.25, 0.3) is 5.69 Å². The van der Waals surface area contributed by atoms with E-state index >= 15 is 0 Å². The lowest BCUT2D eigenvalue weighted by molar-refractivity contribution is -0.385. The Labute approximate surface area is 113 Å². The molecule has 0 bridgehead atoms. The van der Waals surface area contributed by atoms with Gasteiger partial charge in [-0.2, -0.15) is 13.2 Å². The van der Waals surface area contributed by atoms with Crippen molar-refractivity contribution in [3.05, 3.63) is 33.9 Å². The van der Waals surface area contributed by atoms with Crippen molar-refractivity contribution in [2.24, 2.45) is 0 Å². The largest absolute Gasteiger partial charge is 0.418 e. The molecule has 0 aliphatic rings. The van der Waals surface area contributed by atoms with Crippen molar-refractivity contribution in [2.45, 2.75) is 32.0 Å². The van der Waals surface area contributed by atoms with Gasteiger partial charge in [0.2, 0.25) is 0 Å². The minimum atomic E-state index is -4.70. The average molecular weight is 292 g/mol. The zero-order chi connectivity index (χ0) is 15.3. The van der Waals surface area contributed by atoms with E-state index in [2.05, 4.69) is 5.32 Å². The molecule has 0 aliphatic heterocycles. The molecule has 8 heteroatoms. The Morgan fingerprint density at radius 1 is 1.45 bits per heavy atom. The van der Waals surface area contributed by atoms with Crippen LogP contribution in [-0.4, -0.2) is 22.7 Å². The van der Waals surface area contributed by atoms with E-state index in [0.717, 1.165) is 12.1 Å². The molecule has 1 rings (SSSR count). The molecule has 0 heterocycles. The Morgan fingerprint density at radius 3 is 2.60 bits per heavy atom. The molecule has 1 aromatic rings. The summed E-state index contributed by atoms with van der Waals surface area (Å²) >= 11 is 0. The fraction of sp³-hybridized carbons (Fsp3) is 0.500. The summed E-state index contributed by atoms with van der Waals surface area (Å²) in [5.74, 6) is 0. The molecule has 0 aromatic heterocycles. The molecule has 0 aliphatic carbocycles. The molecule has 0 fully saturated rings. The average Bonchev–Trinajstić information content (AvgIpc) is 2.35. The Hall–Kier alpha value is -1.83. The Kier molecular flexibility index (Phi) is 5.32. The predicted octanol–water partition coefficient (Wildman–Crippen LogP) is 3.19. The monoisotopic (exact) mass is 292 g/mol. The number of hydrogen-bond acceptors (Lipinski definition) is 4. The first-order chi connectivity index (χ1) is 9.25. The van der Waals surface area contributed by atoms with E-state index in [1.165, 1.54) is 0 Å². The van der Waals surface area contributed by atoms with E-state index in [1.54, 1.807) is 0 Å². The van der Waals surface area contributed by atoms with E-state index < -0.39 is 28.5 Å². The van der Waals surface area contributed by atoms with Gasteiger partial charge in [0.15, 0.2) is 0 Å². The second kappa shape index (κ2) is 6.56. The van der Waals surface area contributed by atoms with Crippen molar-refractivity contribution >= 4 is 11.4 Å². The van der Waals surface area contributed by atoms with E-state index in [4.69, 9.17) is 0 Å². The van der Waals surface area contributed by atoms with Crippen LogP contribution in [0.15, 0.2) is 18.2 Å². The number of aliphatic hydroxyl groups excluding tert-OH is 1. The molecule has 1 aromatic carbocycles. The standard InChI is InChI=1S/C12H15F3N2O3/c1-2-3-9(18)7-16-11-5-4-8(17(19)20)6-10(11)12(13,14)15/h4-6,9,16,18H,2-3,7H2,1H3. The highest BCUT2D eigenvalue weighted by Crippen LogP contribution is 2.37. The number of alkyl halides is 3. The van der Waals surface area contributed by atoms with Gasteiger partial charge in [0, 0.05) is 24.4 Å². The molecule has 20 heavy (non-hydrogen) atoms. The lowest BCUT2D eigenvalue weighted by Crippen LogP contribution is -2.21. The molecule has 5 nitrogen and oxygen atoms in total. The third-order valence-corrected chi connectivity index (χ3v) is 2.67. The summed E-state index contributed by atoms with van der Waals surface area (Å²) in [6.07, 6.45) is -4.31. The molecule has 1 atom stereocenters. The Morgan fingerprint density at radius 2 is 2.10 bits per heavy atom. The fourth-order valence-electron chi connectivity index (χ4n) is 1.70. The van der Waals surface area contributed by atoms with Gasteiger partial charge in [-0.3, -0.25) is 10.1 Å². The molecule has 112 valence electrons. The number of halogens is 3. The van der Waals surface area contributed by atoms with Crippen LogP contribution in [0, 0.1) is 10.1 Å². The molecule has 0 amide bonds. The van der Waals surface area contributed by atoms with Crippen LogP contribution >= 0.6 is 0 Å². The quantitative estimate of drug-likeness (QED) is 0.623. The minimum Gasteiger partial charge on any atom is -0.391 e. The Bertz CT molecular complexity index is 478. The van der Waals surface area contributed by atoms with Gasteiger partial charge in [-0.25, -0.2) is 0 Å². The third-order valence-electron chi connectivity index (χ3n) is 2.67. The fourth-order valence-corrected chi connectivity index (χ4v) is 1.70. The summed E-state index contributed by atoms with van der Waals surface area (Å²) < 4.78 is 38.5. The molecule has 0 spiro atoms. The highest BCUT2D eigenvalue weighted by atomic mass is 19.4. The van der Waals surface area contributed by atoms with Gasteiger partial charge >= 0.3 is 6.18 Å². The summed E-state index contributed by atoms with van der Waals surface area (Å²) in [5, 5.41) is 22.5. The van der Waals surface area contributed by atoms with Crippen LogP contribution < -0.4 is 5.32 Å². The molecule has 0 saturated heterocycles. The van der Waals surface area contributed by atoms with Crippen molar-refractivity contribution < 1.29 is 23.2 Å². The summed E-state index contributed by atoms with van der Waals surface area (Å²) in [6.45, 7) is 1.80. The van der Waals surface area contributed by atoms with Gasteiger partial charge in [-0.15, -0.1) is 0 Å². The molecule has 0 radical (unpaired) electrons. The van der Waals surface area contributed by atoms with Crippen molar-refractivity contribution in [1.29, 1.82) is 0 Å². The van der Waals surface area contributed by atoms with E-state index in [9.17, 15) is 28.4 Å². The number of benzene rings is 1. The topological polar surface area (TPSA) is 75.4 Å². The predicted molar refractivity (Wildman–Crippen MR) is 67.5 cm³/mol. The first-order valence-corrected chi connectivity index (χ1v) is 6.03. The molecule has 2 N–H and O–H groups in total. The van der Waals surface area contributed by atoms with E-state index in [-0.39, 0.29) is 12.2 Å². The molecular formula is C12H15F3N2O3. The molecule has 0 saturated carbocycles. The number of nitrogens with one attached hydrogen (secondary N) is 1. The third kappa shape index (κ3) is 4.37. The summed E-state index contributed by atoms with van der Waals surface area (Å²) in [6, 6.07) is 2.47. The SMILES string of the molecule is CCCC(O)CNc1ccc([N+](=O)[O-])cc1C(F)(F)F. The van der Waals surface area contributed by atoms with E-state index in [1.807, 2.05) is 6.92 Å². The number of aliphatic hydroxyl groups is 1. The van der Waals surface area contributed by atoms with Crippen LogP contribution in [0.3, 0.4) is 0 Å². The number of anilines is 1. The van der Waals surface area contributed by atoms with Gasteiger partial charge in [-0.1, -0.05) is 13.3 Å². The maximum absolute atomic E-state index is 12.8. The number of nitro benzene ring substituents is 1. The van der Waals surface area contributed by atoms with Crippen LogP contribution in [-0.2, 0) is 6.18 Å². The zero-order valence-corrected chi connectivity index (χ0v) is 10.8. The van der Waals surface area contributed by atoms with Crippen LogP contribution in [0.5, 0.6) is 0 Å². The smallest absolute Gasteiger partial charge is 0.391 e. The first kappa shape index (κ1) is 16.2. The van der Waals surface area contributed by atoms with Crippen LogP contribution in [0.4, 0.5) is 24.5 Å². The van der Waals surface area contributed by atoms with Crippen LogP contribution in [0.1, 0.15) is 25.3 Å². The second-order valence-electron chi connectivity index (χ2n) is 4.31. The number of nitro groups is 1. The lowest BCUT2D eigenvalue weighted by atomic mass is 10.1. The molecular weight excluding hydrogens is 277 g/mol. The van der Waals surface area contributed by atoms with Crippen LogP contribution in [0.2, 0.25) is 0 Å². The van der Waals surface area contributed by atoms with Gasteiger partial charge in [0.1, 0.15) is 0 Å². The van der Waals surface area contributed by atoms with Crippen molar-refractivity contribution in [2.75, 3.05) is 11.9 Å². The lowest BCUT2D eigenvalue weighted by Gasteiger charge is -2.16. The number of nitrogens with zero attached hydrogens (tertiary/aromatic N) is 1. The van der Waals surface area contributed by atoms with Crippen molar-refractivity contribution in [3.8, 4) is 0 Å². The maximum atomic E-state index is 12.8. The van der Waals surface area contributed by atoms with Gasteiger partial charge in [0.05, 0.1) is 16.6 Å². The second-order valence-corrected chi connectivity index (χ2v) is 4.31. The van der Waals surface area contributed by atoms with Crippen molar-refractivity contribution in [3.63, 3.8) is 0 Å². The zero-order valence-electron chi connectivity index (χ0n) is 10.8. The summed E-state index contributed by atoms with van der Waals surface area (Å²) in [5.41, 5.74) is -2.02. The van der Waals surface area contributed by atoms with E-state index in [0.29, 0.717) is 18.9 Å². The van der Waals surface area contributed by atoms with Crippen molar-refractivity contribution in [1.82, 2.24) is 0 Å². The normalized spacial score (nSPS) is 13.1. The number of rotatable bonds is 6. The minimum absolute atomic E-state index is 0.0469.